The van der Waals surface area contributed by atoms with Crippen molar-refractivity contribution in [3.8, 4) is 0 Å². The molecule has 0 amide bonds. The van der Waals surface area contributed by atoms with Crippen LogP contribution in [0.25, 0.3) is 0 Å². The second kappa shape index (κ2) is 13.0. The Hall–Kier alpha value is -0.983. The topological polar surface area (TPSA) is 58.9 Å². The lowest BCUT2D eigenvalue weighted by molar-refractivity contribution is -0.0995. The highest BCUT2D eigenvalue weighted by molar-refractivity contribution is 6.74. The standard InChI is InChI=1S/C27H48O4Si/c1-10-14-20(2)25(31-32(8,9)27(5,6)7)22(4)26(21(3)24(29)17-18-28)30-19-23-15-12-11-13-16-23/h10-13,15-16,20-22,24-26,28-29H,1,14,17-19H2,2-9H3/t20-,21+,22-,24+,25+,26+/m0/s1. The Labute approximate surface area is 198 Å². The van der Waals surface area contributed by atoms with Crippen LogP contribution in [-0.4, -0.2) is 43.4 Å². The fourth-order valence-electron chi connectivity index (χ4n) is 4.01. The van der Waals surface area contributed by atoms with Gasteiger partial charge >= 0.3 is 0 Å². The van der Waals surface area contributed by atoms with Crippen molar-refractivity contribution in [1.82, 2.24) is 0 Å². The molecular formula is C27H48O4Si. The molecule has 0 aliphatic heterocycles. The monoisotopic (exact) mass is 464 g/mol. The van der Waals surface area contributed by atoms with E-state index in [9.17, 15) is 10.2 Å². The Balaban J connectivity index is 3.24. The molecule has 1 rings (SSSR count). The molecule has 6 atom stereocenters. The molecule has 2 N–H and O–H groups in total. The summed E-state index contributed by atoms with van der Waals surface area (Å²) < 4.78 is 13.5. The predicted octanol–water partition coefficient (Wildman–Crippen LogP) is 6.19. The lowest BCUT2D eigenvalue weighted by Crippen LogP contribution is -2.51. The Morgan fingerprint density at radius 1 is 1.03 bits per heavy atom. The first-order chi connectivity index (χ1) is 14.9. The third kappa shape index (κ3) is 8.42. The molecule has 0 heterocycles. The van der Waals surface area contributed by atoms with Gasteiger partial charge in [-0.05, 0) is 42.5 Å². The van der Waals surface area contributed by atoms with Gasteiger partial charge in [0.25, 0.3) is 0 Å². The molecule has 0 aliphatic carbocycles. The quantitative estimate of drug-likeness (QED) is 0.255. The average Bonchev–Trinajstić information content (AvgIpc) is 2.72. The number of ether oxygens (including phenoxy) is 1. The van der Waals surface area contributed by atoms with Crippen molar-refractivity contribution in [3.63, 3.8) is 0 Å². The second-order valence-electron chi connectivity index (χ2n) is 10.9. The van der Waals surface area contributed by atoms with Crippen LogP contribution in [0.4, 0.5) is 0 Å². The van der Waals surface area contributed by atoms with Crippen molar-refractivity contribution in [3.05, 3.63) is 48.6 Å². The van der Waals surface area contributed by atoms with Gasteiger partial charge in [0.05, 0.1) is 24.9 Å². The van der Waals surface area contributed by atoms with Crippen LogP contribution in [0.5, 0.6) is 0 Å². The van der Waals surface area contributed by atoms with Gasteiger partial charge in [-0.2, -0.15) is 0 Å². The van der Waals surface area contributed by atoms with Gasteiger partial charge in [0.2, 0.25) is 0 Å². The van der Waals surface area contributed by atoms with E-state index in [1.807, 2.05) is 31.2 Å². The predicted molar refractivity (Wildman–Crippen MR) is 137 cm³/mol. The zero-order chi connectivity index (χ0) is 24.5. The van der Waals surface area contributed by atoms with Crippen molar-refractivity contribution < 1.29 is 19.4 Å². The molecule has 0 unspecified atom stereocenters. The van der Waals surface area contributed by atoms with Crippen molar-refractivity contribution in [2.24, 2.45) is 17.8 Å². The summed E-state index contributed by atoms with van der Waals surface area (Å²) in [5.41, 5.74) is 1.11. The second-order valence-corrected chi connectivity index (χ2v) is 15.7. The molecule has 0 radical (unpaired) electrons. The minimum Gasteiger partial charge on any atom is -0.413 e. The molecule has 0 saturated carbocycles. The van der Waals surface area contributed by atoms with Crippen molar-refractivity contribution in [1.29, 1.82) is 0 Å². The molecule has 1 aromatic carbocycles. The number of aliphatic hydroxyl groups is 2. The van der Waals surface area contributed by atoms with E-state index in [2.05, 4.69) is 66.4 Å². The zero-order valence-electron chi connectivity index (χ0n) is 21.7. The maximum atomic E-state index is 10.7. The van der Waals surface area contributed by atoms with E-state index in [0.717, 1.165) is 12.0 Å². The minimum atomic E-state index is -2.02. The number of hydrogen-bond acceptors (Lipinski definition) is 4. The van der Waals surface area contributed by atoms with Gasteiger partial charge in [0.15, 0.2) is 8.32 Å². The molecule has 184 valence electrons. The van der Waals surface area contributed by atoms with E-state index >= 15 is 0 Å². The van der Waals surface area contributed by atoms with E-state index in [4.69, 9.17) is 9.16 Å². The molecule has 32 heavy (non-hydrogen) atoms. The first kappa shape index (κ1) is 29.0. The molecule has 0 aliphatic rings. The van der Waals surface area contributed by atoms with Gasteiger partial charge in [-0.3, -0.25) is 0 Å². The molecule has 5 heteroatoms. The highest BCUT2D eigenvalue weighted by Gasteiger charge is 2.44. The number of rotatable bonds is 14. The Kier molecular flexibility index (Phi) is 11.8. The van der Waals surface area contributed by atoms with Gasteiger partial charge in [-0.25, -0.2) is 0 Å². The fraction of sp³-hybridized carbons (Fsp3) is 0.704. The fourth-order valence-corrected chi connectivity index (χ4v) is 5.49. The van der Waals surface area contributed by atoms with Gasteiger partial charge in [-0.15, -0.1) is 6.58 Å². The summed E-state index contributed by atoms with van der Waals surface area (Å²) in [7, 11) is -2.02. The highest BCUT2D eigenvalue weighted by Crippen LogP contribution is 2.41. The molecule has 0 aromatic heterocycles. The summed E-state index contributed by atoms with van der Waals surface area (Å²) in [6.45, 7) is 22.2. The Morgan fingerprint density at radius 3 is 2.12 bits per heavy atom. The molecule has 0 bridgehead atoms. The average molecular weight is 465 g/mol. The van der Waals surface area contributed by atoms with Crippen LogP contribution in [0.2, 0.25) is 18.1 Å². The van der Waals surface area contributed by atoms with Gasteiger partial charge < -0.3 is 19.4 Å². The van der Waals surface area contributed by atoms with Crippen molar-refractivity contribution in [2.75, 3.05) is 6.61 Å². The minimum absolute atomic E-state index is 0.0153. The normalized spacial score (nSPS) is 18.4. The molecular weight excluding hydrogens is 416 g/mol. The zero-order valence-corrected chi connectivity index (χ0v) is 22.7. The molecule has 0 fully saturated rings. The Morgan fingerprint density at radius 2 is 1.62 bits per heavy atom. The maximum Gasteiger partial charge on any atom is 0.192 e. The summed E-state index contributed by atoms with van der Waals surface area (Å²) in [5.74, 6) is 0.204. The summed E-state index contributed by atoms with van der Waals surface area (Å²) in [5, 5.41) is 20.2. The van der Waals surface area contributed by atoms with Crippen LogP contribution in [0.15, 0.2) is 43.0 Å². The smallest absolute Gasteiger partial charge is 0.192 e. The van der Waals surface area contributed by atoms with E-state index in [1.165, 1.54) is 0 Å². The van der Waals surface area contributed by atoms with E-state index in [1.54, 1.807) is 0 Å². The van der Waals surface area contributed by atoms with E-state index in [0.29, 0.717) is 13.0 Å². The largest absolute Gasteiger partial charge is 0.413 e. The van der Waals surface area contributed by atoms with Crippen LogP contribution in [0.3, 0.4) is 0 Å². The Bertz CT molecular complexity index is 655. The van der Waals surface area contributed by atoms with E-state index in [-0.39, 0.29) is 41.6 Å². The molecule has 4 nitrogen and oxygen atoms in total. The first-order valence-corrected chi connectivity index (χ1v) is 15.0. The summed E-state index contributed by atoms with van der Waals surface area (Å²) in [4.78, 5) is 0. The SMILES string of the molecule is C=CC[C@H](C)[C@@H](O[Si](C)(C)C(C)(C)C)[C@H](C)[C@H](OCc1ccccc1)[C@H](C)[C@H](O)CCO. The number of aliphatic hydroxyl groups excluding tert-OH is 2. The third-order valence-electron chi connectivity index (χ3n) is 7.21. The first-order valence-electron chi connectivity index (χ1n) is 12.1. The highest BCUT2D eigenvalue weighted by atomic mass is 28.4. The number of benzene rings is 1. The van der Waals surface area contributed by atoms with Crippen LogP contribution >= 0.6 is 0 Å². The third-order valence-corrected chi connectivity index (χ3v) is 11.7. The van der Waals surface area contributed by atoms with E-state index < -0.39 is 14.4 Å². The van der Waals surface area contributed by atoms with Crippen LogP contribution < -0.4 is 0 Å². The van der Waals surface area contributed by atoms with Crippen LogP contribution in [0, 0.1) is 17.8 Å². The lowest BCUT2D eigenvalue weighted by Gasteiger charge is -2.45. The van der Waals surface area contributed by atoms with Crippen molar-refractivity contribution in [2.45, 2.75) is 97.4 Å². The van der Waals surface area contributed by atoms with Crippen LogP contribution in [-0.2, 0) is 15.8 Å². The number of allylic oxidation sites excluding steroid dienone is 1. The lowest BCUT2D eigenvalue weighted by atomic mass is 9.80. The summed E-state index contributed by atoms with van der Waals surface area (Å²) in [6.07, 6.45) is 2.31. The van der Waals surface area contributed by atoms with Gasteiger partial charge in [0.1, 0.15) is 0 Å². The summed E-state index contributed by atoms with van der Waals surface area (Å²) in [6, 6.07) is 10.1. The van der Waals surface area contributed by atoms with Gasteiger partial charge in [0, 0.05) is 18.4 Å². The maximum absolute atomic E-state index is 10.7. The summed E-state index contributed by atoms with van der Waals surface area (Å²) >= 11 is 0. The molecule has 0 saturated heterocycles. The number of hydrogen-bond donors (Lipinski definition) is 2. The van der Waals surface area contributed by atoms with Crippen LogP contribution in [0.1, 0.15) is 59.9 Å². The molecule has 0 spiro atoms. The molecule has 1 aromatic rings. The van der Waals surface area contributed by atoms with Crippen molar-refractivity contribution >= 4 is 8.32 Å². The van der Waals surface area contributed by atoms with Gasteiger partial charge in [-0.1, -0.05) is 78.0 Å².